The third-order valence-electron chi connectivity index (χ3n) is 8.06. The minimum atomic E-state index is 0.953. The lowest BCUT2D eigenvalue weighted by molar-refractivity contribution is 1.26. The van der Waals surface area contributed by atoms with Gasteiger partial charge >= 0.3 is 0 Å². The molecule has 0 radical (unpaired) electrons. The fourth-order valence-electron chi connectivity index (χ4n) is 5.89. The summed E-state index contributed by atoms with van der Waals surface area (Å²) in [6, 6.07) is 53.6. The van der Waals surface area contributed by atoms with Gasteiger partial charge in [-0.15, -0.1) is 0 Å². The molecular formula is C42H33N3. The highest BCUT2D eigenvalue weighted by Crippen LogP contribution is 2.47. The summed E-state index contributed by atoms with van der Waals surface area (Å²) in [7, 11) is 0. The Bertz CT molecular complexity index is 1940. The van der Waals surface area contributed by atoms with Crippen LogP contribution in [0, 0.1) is 13.8 Å². The van der Waals surface area contributed by atoms with Crippen LogP contribution in [0.25, 0.3) is 44.8 Å². The van der Waals surface area contributed by atoms with Crippen molar-refractivity contribution in [2.75, 3.05) is 4.90 Å². The van der Waals surface area contributed by atoms with Crippen molar-refractivity contribution in [3.05, 3.63) is 175 Å². The second-order valence-corrected chi connectivity index (χ2v) is 11.3. The lowest BCUT2D eigenvalue weighted by Gasteiger charge is -2.31. The van der Waals surface area contributed by atoms with Gasteiger partial charge in [0.1, 0.15) is 0 Å². The van der Waals surface area contributed by atoms with Crippen LogP contribution >= 0.6 is 0 Å². The van der Waals surface area contributed by atoms with Gasteiger partial charge in [0.15, 0.2) is 0 Å². The van der Waals surface area contributed by atoms with Crippen molar-refractivity contribution in [1.29, 1.82) is 0 Å². The number of aryl methyl sites for hydroxylation is 2. The molecule has 3 nitrogen and oxygen atoms in total. The van der Waals surface area contributed by atoms with Crippen LogP contribution in [0.15, 0.2) is 164 Å². The van der Waals surface area contributed by atoms with Crippen LogP contribution in [0.2, 0.25) is 0 Å². The molecule has 0 spiro atoms. The number of nitrogens with zero attached hydrogens (tertiary/aromatic N) is 3. The average molecular weight is 580 g/mol. The summed E-state index contributed by atoms with van der Waals surface area (Å²) in [5.74, 6) is 0. The second kappa shape index (κ2) is 12.4. The monoisotopic (exact) mass is 579 g/mol. The lowest BCUT2D eigenvalue weighted by atomic mass is 9.94. The zero-order chi connectivity index (χ0) is 30.6. The largest absolute Gasteiger partial charge is 0.309 e. The summed E-state index contributed by atoms with van der Waals surface area (Å²) in [6.07, 6.45) is 3.76. The molecule has 0 atom stereocenters. The van der Waals surface area contributed by atoms with Crippen LogP contribution in [0.4, 0.5) is 17.1 Å². The van der Waals surface area contributed by atoms with Crippen molar-refractivity contribution >= 4 is 17.1 Å². The number of hydrogen-bond acceptors (Lipinski definition) is 3. The summed E-state index contributed by atoms with van der Waals surface area (Å²) in [4.78, 5) is 11.8. The number of aromatic nitrogens is 2. The van der Waals surface area contributed by atoms with E-state index in [-0.39, 0.29) is 0 Å². The molecule has 0 bridgehead atoms. The van der Waals surface area contributed by atoms with Crippen molar-refractivity contribution < 1.29 is 0 Å². The molecule has 0 amide bonds. The molecular weight excluding hydrogens is 546 g/mol. The highest BCUT2D eigenvalue weighted by molar-refractivity contribution is 5.98. The van der Waals surface area contributed by atoms with Crippen LogP contribution in [0.5, 0.6) is 0 Å². The summed E-state index contributed by atoms with van der Waals surface area (Å²) in [6.45, 7) is 4.21. The number of anilines is 3. The van der Waals surface area contributed by atoms with Gasteiger partial charge in [0.25, 0.3) is 0 Å². The van der Waals surface area contributed by atoms with Crippen molar-refractivity contribution in [3.8, 4) is 44.8 Å². The molecule has 3 heteroatoms. The predicted octanol–water partition coefficient (Wildman–Crippen LogP) is 11.2. The van der Waals surface area contributed by atoms with Gasteiger partial charge in [-0.3, -0.25) is 9.97 Å². The first-order valence-corrected chi connectivity index (χ1v) is 15.2. The minimum Gasteiger partial charge on any atom is -0.309 e. The lowest BCUT2D eigenvalue weighted by Crippen LogP contribution is -2.13. The smallest absolute Gasteiger partial charge is 0.0705 e. The molecule has 7 aromatic rings. The third kappa shape index (κ3) is 5.89. The molecule has 0 aliphatic rings. The Kier molecular flexibility index (Phi) is 7.74. The zero-order valence-electron chi connectivity index (χ0n) is 25.4. The maximum absolute atomic E-state index is 4.72. The first kappa shape index (κ1) is 28.0. The molecule has 2 aromatic heterocycles. The Balaban J connectivity index is 1.52. The van der Waals surface area contributed by atoms with Crippen LogP contribution in [0.1, 0.15) is 11.1 Å². The second-order valence-electron chi connectivity index (χ2n) is 11.3. The van der Waals surface area contributed by atoms with Gasteiger partial charge in [-0.1, -0.05) is 103 Å². The van der Waals surface area contributed by atoms with Crippen LogP contribution < -0.4 is 4.90 Å². The molecule has 0 unspecified atom stereocenters. The van der Waals surface area contributed by atoms with Gasteiger partial charge in [-0.25, -0.2) is 0 Å². The Morgan fingerprint density at radius 1 is 0.400 bits per heavy atom. The van der Waals surface area contributed by atoms with Gasteiger partial charge < -0.3 is 4.90 Å². The molecule has 0 aliphatic carbocycles. The fourth-order valence-corrected chi connectivity index (χ4v) is 5.89. The van der Waals surface area contributed by atoms with E-state index in [0.29, 0.717) is 0 Å². The molecule has 0 aliphatic heterocycles. The normalized spacial score (nSPS) is 10.9. The summed E-state index contributed by atoms with van der Waals surface area (Å²) in [5.41, 5.74) is 14.2. The van der Waals surface area contributed by atoms with E-state index < -0.39 is 0 Å². The number of para-hydroxylation sites is 1. The minimum absolute atomic E-state index is 0.953. The average Bonchev–Trinajstić information content (AvgIpc) is 3.09. The first-order valence-electron chi connectivity index (χ1n) is 15.2. The molecule has 2 heterocycles. The molecule has 7 rings (SSSR count). The van der Waals surface area contributed by atoms with E-state index in [9.17, 15) is 0 Å². The number of rotatable bonds is 7. The number of hydrogen-bond donors (Lipinski definition) is 0. The van der Waals surface area contributed by atoms with Gasteiger partial charge in [-0.05, 0) is 84.6 Å². The van der Waals surface area contributed by atoms with E-state index >= 15 is 0 Å². The number of benzene rings is 5. The topological polar surface area (TPSA) is 29.0 Å². The Labute approximate surface area is 265 Å². The van der Waals surface area contributed by atoms with E-state index in [0.717, 1.165) is 61.8 Å². The molecule has 5 aromatic carbocycles. The highest BCUT2D eigenvalue weighted by Gasteiger charge is 2.22. The summed E-state index contributed by atoms with van der Waals surface area (Å²) in [5, 5.41) is 0. The Morgan fingerprint density at radius 3 is 1.27 bits per heavy atom. The maximum atomic E-state index is 4.72. The van der Waals surface area contributed by atoms with E-state index in [4.69, 9.17) is 9.97 Å². The standard InChI is InChI=1S/C42H33N3/c1-30-22-24-43-40(26-30)34-16-9-18-36(28-34)45(37-19-10-17-35(29-37)41-27-31(2)23-25-44-41)42-38(32-12-5-3-6-13-32)20-11-21-39(42)33-14-7-4-8-15-33/h3-29H,1-2H3. The quantitative estimate of drug-likeness (QED) is 0.188. The first-order chi connectivity index (χ1) is 22.1. The molecule has 216 valence electrons. The van der Waals surface area contributed by atoms with Gasteiger partial charge in [0.2, 0.25) is 0 Å². The highest BCUT2D eigenvalue weighted by atomic mass is 15.1. The van der Waals surface area contributed by atoms with Crippen molar-refractivity contribution in [2.24, 2.45) is 0 Å². The van der Waals surface area contributed by atoms with Gasteiger partial charge in [0.05, 0.1) is 17.1 Å². The summed E-state index contributed by atoms with van der Waals surface area (Å²) < 4.78 is 0. The van der Waals surface area contributed by atoms with Crippen molar-refractivity contribution in [3.63, 3.8) is 0 Å². The Morgan fingerprint density at radius 2 is 0.822 bits per heavy atom. The molecule has 45 heavy (non-hydrogen) atoms. The van der Waals surface area contributed by atoms with Crippen molar-refractivity contribution in [1.82, 2.24) is 9.97 Å². The van der Waals surface area contributed by atoms with Crippen LogP contribution in [-0.4, -0.2) is 9.97 Å². The van der Waals surface area contributed by atoms with E-state index in [1.807, 2.05) is 24.5 Å². The van der Waals surface area contributed by atoms with Crippen molar-refractivity contribution in [2.45, 2.75) is 13.8 Å². The third-order valence-corrected chi connectivity index (χ3v) is 8.06. The van der Waals surface area contributed by atoms with Crippen LogP contribution in [0.3, 0.4) is 0 Å². The molecule has 0 saturated heterocycles. The zero-order valence-corrected chi connectivity index (χ0v) is 25.4. The maximum Gasteiger partial charge on any atom is 0.0705 e. The predicted molar refractivity (Wildman–Crippen MR) is 188 cm³/mol. The van der Waals surface area contributed by atoms with E-state index in [2.05, 4.69) is 158 Å². The summed E-state index contributed by atoms with van der Waals surface area (Å²) >= 11 is 0. The van der Waals surface area contributed by atoms with Crippen LogP contribution in [-0.2, 0) is 0 Å². The van der Waals surface area contributed by atoms with E-state index in [1.54, 1.807) is 0 Å². The van der Waals surface area contributed by atoms with Gasteiger partial charge in [-0.2, -0.15) is 0 Å². The Hall–Kier alpha value is -5.80. The molecule has 0 saturated carbocycles. The SMILES string of the molecule is Cc1ccnc(-c2cccc(N(c3cccc(-c4cc(C)ccn4)c3)c3c(-c4ccccc4)cccc3-c3ccccc3)c2)c1. The fraction of sp³-hybridized carbons (Fsp3) is 0.0476. The molecule has 0 N–H and O–H groups in total. The number of pyridine rings is 2. The van der Waals surface area contributed by atoms with E-state index in [1.165, 1.54) is 11.1 Å². The molecule has 0 fully saturated rings. The van der Waals surface area contributed by atoms with Gasteiger partial charge in [0, 0.05) is 46.0 Å².